The molecule has 1 fully saturated rings. The first kappa shape index (κ1) is 25.4. The van der Waals surface area contributed by atoms with Crippen LogP contribution >= 0.6 is 7.60 Å². The van der Waals surface area contributed by atoms with Crippen molar-refractivity contribution in [2.45, 2.75) is 77.7 Å². The minimum atomic E-state index is -3.84. The van der Waals surface area contributed by atoms with Gasteiger partial charge in [0.25, 0.3) is 0 Å². The monoisotopic (exact) mass is 480 g/mol. The molecular formula is C23H33N2O7P. The van der Waals surface area contributed by atoms with Crippen LogP contribution in [0.25, 0.3) is 11.4 Å². The van der Waals surface area contributed by atoms with Crippen molar-refractivity contribution in [2.24, 2.45) is 0 Å². The molecule has 1 atom stereocenters. The van der Waals surface area contributed by atoms with Gasteiger partial charge in [0.15, 0.2) is 5.66 Å². The zero-order valence-electron chi connectivity index (χ0n) is 19.9. The van der Waals surface area contributed by atoms with Crippen molar-refractivity contribution in [3.05, 3.63) is 30.2 Å². The van der Waals surface area contributed by atoms with Gasteiger partial charge >= 0.3 is 13.6 Å². The number of carbonyl (C=O) groups excluding carboxylic acids is 1. The van der Waals surface area contributed by atoms with E-state index in [2.05, 4.69) is 10.1 Å². The molecule has 0 amide bonds. The molecule has 1 aromatic heterocycles. The number of aromatic nitrogens is 2. The normalized spacial score (nSPS) is 15.7. The second-order valence-electron chi connectivity index (χ2n) is 8.84. The predicted molar refractivity (Wildman–Crippen MR) is 122 cm³/mol. The first-order chi connectivity index (χ1) is 15.6. The van der Waals surface area contributed by atoms with E-state index in [-0.39, 0.29) is 25.5 Å². The standard InChI is InChI=1S/C23H33N2O7P/c1-6-28-33(27,29-7-2)19(22(26)31-23(3,4)5)15-20-24-21(25-32-20)16-11-13-18(14-12-16)30-17-9-8-10-17/h11-14,17,19H,6-10,15H2,1-5H3. The molecule has 1 unspecified atom stereocenters. The van der Waals surface area contributed by atoms with Gasteiger partial charge in [-0.3, -0.25) is 9.36 Å². The van der Waals surface area contributed by atoms with Crippen molar-refractivity contribution in [1.29, 1.82) is 0 Å². The molecule has 10 heteroatoms. The van der Waals surface area contributed by atoms with Crippen molar-refractivity contribution in [3.8, 4) is 17.1 Å². The van der Waals surface area contributed by atoms with E-state index in [0.717, 1.165) is 24.2 Å². The van der Waals surface area contributed by atoms with Crippen LogP contribution in [-0.4, -0.2) is 46.7 Å². The fourth-order valence-corrected chi connectivity index (χ4v) is 5.10. The summed E-state index contributed by atoms with van der Waals surface area (Å²) in [6.45, 7) is 8.79. The molecule has 1 aromatic carbocycles. The summed E-state index contributed by atoms with van der Waals surface area (Å²) in [6.07, 6.45) is 3.54. The smallest absolute Gasteiger partial charge is 0.345 e. The molecule has 1 heterocycles. The van der Waals surface area contributed by atoms with Crippen LogP contribution in [0.3, 0.4) is 0 Å². The average molecular weight is 480 g/mol. The number of rotatable bonds is 11. The Morgan fingerprint density at radius 2 is 1.79 bits per heavy atom. The van der Waals surface area contributed by atoms with Gasteiger partial charge in [-0.25, -0.2) is 0 Å². The molecule has 2 aromatic rings. The lowest BCUT2D eigenvalue weighted by molar-refractivity contribution is -0.154. The van der Waals surface area contributed by atoms with Crippen LogP contribution in [0.15, 0.2) is 28.8 Å². The molecule has 0 N–H and O–H groups in total. The largest absolute Gasteiger partial charge is 0.490 e. The van der Waals surface area contributed by atoms with Crippen LogP contribution in [0.5, 0.6) is 5.75 Å². The van der Waals surface area contributed by atoms with Gasteiger partial charge < -0.3 is 23.0 Å². The first-order valence-electron chi connectivity index (χ1n) is 11.3. The maximum Gasteiger partial charge on any atom is 0.345 e. The van der Waals surface area contributed by atoms with E-state index < -0.39 is 24.8 Å². The van der Waals surface area contributed by atoms with Gasteiger partial charge in [-0.1, -0.05) is 5.16 Å². The lowest BCUT2D eigenvalue weighted by Crippen LogP contribution is -2.34. The summed E-state index contributed by atoms with van der Waals surface area (Å²) >= 11 is 0. The van der Waals surface area contributed by atoms with Gasteiger partial charge in [0.05, 0.1) is 25.7 Å². The zero-order valence-corrected chi connectivity index (χ0v) is 20.8. The Hall–Kier alpha value is -2.22. The van der Waals surface area contributed by atoms with Crippen molar-refractivity contribution >= 4 is 13.6 Å². The van der Waals surface area contributed by atoms with Crippen LogP contribution in [0, 0.1) is 0 Å². The number of carbonyl (C=O) groups is 1. The van der Waals surface area contributed by atoms with Crippen LogP contribution in [-0.2, 0) is 29.6 Å². The highest BCUT2D eigenvalue weighted by atomic mass is 31.2. The second-order valence-corrected chi connectivity index (χ2v) is 11.1. The van der Waals surface area contributed by atoms with Crippen molar-refractivity contribution in [2.75, 3.05) is 13.2 Å². The predicted octanol–water partition coefficient (Wildman–Crippen LogP) is 5.19. The molecule has 1 aliphatic carbocycles. The summed E-state index contributed by atoms with van der Waals surface area (Å²) in [5.41, 5.74) is -1.28. The Balaban J connectivity index is 1.78. The zero-order chi connectivity index (χ0) is 24.1. The SMILES string of the molecule is CCOP(=O)(OCC)C(Cc1nc(-c2ccc(OC3CCC3)cc2)no1)C(=O)OC(C)(C)C. The highest BCUT2D eigenvalue weighted by Crippen LogP contribution is 2.54. The van der Waals surface area contributed by atoms with Crippen LogP contribution in [0.4, 0.5) is 0 Å². The molecule has 0 aliphatic heterocycles. The average Bonchev–Trinajstić information content (AvgIpc) is 3.17. The summed E-state index contributed by atoms with van der Waals surface area (Å²) in [7, 11) is -3.84. The van der Waals surface area contributed by atoms with Crippen molar-refractivity contribution in [1.82, 2.24) is 10.1 Å². The summed E-state index contributed by atoms with van der Waals surface area (Å²) < 4.78 is 41.0. The molecule has 1 saturated carbocycles. The van der Waals surface area contributed by atoms with E-state index in [1.807, 2.05) is 24.3 Å². The minimum absolute atomic E-state index is 0.112. The quantitative estimate of drug-likeness (QED) is 0.317. The highest BCUT2D eigenvalue weighted by molar-refractivity contribution is 7.55. The third kappa shape index (κ3) is 6.88. The maximum atomic E-state index is 13.4. The summed E-state index contributed by atoms with van der Waals surface area (Å²) in [6, 6.07) is 7.43. The van der Waals surface area contributed by atoms with Gasteiger partial charge in [-0.2, -0.15) is 4.98 Å². The van der Waals surface area contributed by atoms with Crippen LogP contribution < -0.4 is 4.74 Å². The van der Waals surface area contributed by atoms with E-state index in [4.69, 9.17) is 23.0 Å². The van der Waals surface area contributed by atoms with E-state index in [1.165, 1.54) is 6.42 Å². The lowest BCUT2D eigenvalue weighted by atomic mass is 9.96. The lowest BCUT2D eigenvalue weighted by Gasteiger charge is -2.27. The van der Waals surface area contributed by atoms with E-state index in [1.54, 1.807) is 34.6 Å². The van der Waals surface area contributed by atoms with Crippen molar-refractivity contribution < 1.29 is 32.4 Å². The van der Waals surface area contributed by atoms with Crippen molar-refractivity contribution in [3.63, 3.8) is 0 Å². The fraction of sp³-hybridized carbons (Fsp3) is 0.609. The summed E-state index contributed by atoms with van der Waals surface area (Å²) in [4.78, 5) is 17.3. The Bertz CT molecular complexity index is 954. The maximum absolute atomic E-state index is 13.4. The van der Waals surface area contributed by atoms with Crippen LogP contribution in [0.1, 0.15) is 59.8 Å². The Morgan fingerprint density at radius 3 is 2.30 bits per heavy atom. The molecule has 0 spiro atoms. The fourth-order valence-electron chi connectivity index (χ4n) is 3.26. The highest BCUT2D eigenvalue weighted by Gasteiger charge is 2.44. The molecule has 182 valence electrons. The molecule has 0 radical (unpaired) electrons. The molecular weight excluding hydrogens is 447 g/mol. The van der Waals surface area contributed by atoms with Gasteiger partial charge in [0.2, 0.25) is 11.7 Å². The summed E-state index contributed by atoms with van der Waals surface area (Å²) in [5.74, 6) is 0.581. The topological polar surface area (TPSA) is 110 Å². The van der Waals surface area contributed by atoms with Gasteiger partial charge in [0.1, 0.15) is 11.4 Å². The van der Waals surface area contributed by atoms with E-state index >= 15 is 0 Å². The molecule has 0 bridgehead atoms. The third-order valence-electron chi connectivity index (χ3n) is 4.98. The number of esters is 1. The van der Waals surface area contributed by atoms with E-state index in [9.17, 15) is 9.36 Å². The second kappa shape index (κ2) is 10.8. The first-order valence-corrected chi connectivity index (χ1v) is 13.0. The number of nitrogens with zero attached hydrogens (tertiary/aromatic N) is 2. The van der Waals surface area contributed by atoms with E-state index in [0.29, 0.717) is 11.9 Å². The van der Waals surface area contributed by atoms with Gasteiger partial charge in [-0.15, -0.1) is 0 Å². The van der Waals surface area contributed by atoms with Gasteiger partial charge in [-0.05, 0) is 78.1 Å². The third-order valence-corrected chi connectivity index (χ3v) is 7.38. The molecule has 33 heavy (non-hydrogen) atoms. The number of hydrogen-bond donors (Lipinski definition) is 0. The number of hydrogen-bond acceptors (Lipinski definition) is 9. The Kier molecular flexibility index (Phi) is 8.32. The summed E-state index contributed by atoms with van der Waals surface area (Å²) in [5, 5.41) is 4.02. The molecule has 3 rings (SSSR count). The minimum Gasteiger partial charge on any atom is -0.490 e. The molecule has 0 saturated heterocycles. The Morgan fingerprint density at radius 1 is 1.15 bits per heavy atom. The molecule has 9 nitrogen and oxygen atoms in total. The number of ether oxygens (including phenoxy) is 2. The number of benzene rings is 1. The van der Waals surface area contributed by atoms with Gasteiger partial charge in [0, 0.05) is 5.56 Å². The Labute approximate surface area is 194 Å². The molecule has 1 aliphatic rings. The van der Waals surface area contributed by atoms with Crippen LogP contribution in [0.2, 0.25) is 0 Å².